The van der Waals surface area contributed by atoms with E-state index < -0.39 is 0 Å². The van der Waals surface area contributed by atoms with Crippen molar-refractivity contribution in [3.05, 3.63) is 28.2 Å². The summed E-state index contributed by atoms with van der Waals surface area (Å²) in [4.78, 5) is 7.32. The molecule has 0 aliphatic rings. The summed E-state index contributed by atoms with van der Waals surface area (Å²) >= 11 is 5.74. The molecule has 0 bridgehead atoms. The second kappa shape index (κ2) is 4.80. The average Bonchev–Trinajstić information content (AvgIpc) is 2.14. The Hall–Kier alpha value is -1.31. The molecule has 0 spiro atoms. The molecule has 0 unspecified atom stereocenters. The van der Waals surface area contributed by atoms with Gasteiger partial charge in [0.15, 0.2) is 0 Å². The Balaban J connectivity index is 3.07. The van der Waals surface area contributed by atoms with Crippen LogP contribution in [0, 0.1) is 13.5 Å². The Kier molecular flexibility index (Phi) is 3.69. The van der Waals surface area contributed by atoms with E-state index in [0.29, 0.717) is 23.2 Å². The van der Waals surface area contributed by atoms with Crippen LogP contribution in [0.5, 0.6) is 0 Å². The van der Waals surface area contributed by atoms with Crippen molar-refractivity contribution in [2.24, 2.45) is 0 Å². The molecule has 1 heterocycles. The summed E-state index contributed by atoms with van der Waals surface area (Å²) in [6.45, 7) is 9.11. The largest absolute Gasteiger partial charge is 0.395 e. The van der Waals surface area contributed by atoms with E-state index in [9.17, 15) is 0 Å². The van der Waals surface area contributed by atoms with Crippen LogP contribution in [-0.4, -0.2) is 23.2 Å². The Morgan fingerprint density at radius 1 is 1.71 bits per heavy atom. The fourth-order valence-corrected chi connectivity index (χ4v) is 1.31. The number of aliphatic hydroxyl groups is 1. The van der Waals surface area contributed by atoms with Crippen LogP contribution in [0.4, 0.5) is 11.5 Å². The molecule has 0 saturated carbocycles. The van der Waals surface area contributed by atoms with Crippen LogP contribution < -0.4 is 5.32 Å². The first-order valence-corrected chi connectivity index (χ1v) is 4.46. The third kappa shape index (κ3) is 2.34. The number of hydrogen-bond acceptors (Lipinski definition) is 3. The van der Waals surface area contributed by atoms with Crippen molar-refractivity contribution in [2.45, 2.75) is 6.92 Å². The molecule has 1 rings (SSSR count). The molecule has 0 amide bonds. The number of hydrogen-bond donors (Lipinski definition) is 2. The molecule has 2 N–H and O–H groups in total. The van der Waals surface area contributed by atoms with Gasteiger partial charge in [-0.15, -0.1) is 0 Å². The van der Waals surface area contributed by atoms with E-state index in [1.165, 1.54) is 0 Å². The van der Waals surface area contributed by atoms with Gasteiger partial charge < -0.3 is 10.4 Å². The van der Waals surface area contributed by atoms with E-state index in [0.717, 1.165) is 5.56 Å². The number of aliphatic hydroxyl groups excluding tert-OH is 1. The second-order valence-corrected chi connectivity index (χ2v) is 3.11. The number of anilines is 1. The molecule has 4 nitrogen and oxygen atoms in total. The van der Waals surface area contributed by atoms with Gasteiger partial charge in [-0.2, -0.15) is 0 Å². The van der Waals surface area contributed by atoms with E-state index in [1.807, 2.05) is 0 Å². The first kappa shape index (κ1) is 10.8. The molecule has 0 aliphatic heterocycles. The molecule has 0 aromatic carbocycles. The van der Waals surface area contributed by atoms with Crippen molar-refractivity contribution >= 4 is 23.1 Å². The fourth-order valence-electron chi connectivity index (χ4n) is 1.06. The van der Waals surface area contributed by atoms with Gasteiger partial charge in [0.25, 0.3) is 0 Å². The summed E-state index contributed by atoms with van der Waals surface area (Å²) in [6.07, 6.45) is 0. The van der Waals surface area contributed by atoms with Crippen LogP contribution in [0.2, 0.25) is 5.15 Å². The fraction of sp³-hybridized carbons (Fsp3) is 0.333. The van der Waals surface area contributed by atoms with Crippen LogP contribution >= 0.6 is 11.6 Å². The number of nitrogens with zero attached hydrogens (tertiary/aromatic N) is 2. The van der Waals surface area contributed by atoms with Crippen molar-refractivity contribution in [2.75, 3.05) is 18.5 Å². The molecule has 0 atom stereocenters. The second-order valence-electron chi connectivity index (χ2n) is 2.72. The lowest BCUT2D eigenvalue weighted by molar-refractivity contribution is 0.311. The minimum atomic E-state index is -0.00925. The number of aromatic nitrogens is 1. The Morgan fingerprint density at radius 2 is 2.43 bits per heavy atom. The van der Waals surface area contributed by atoms with Crippen molar-refractivity contribution in [3.63, 3.8) is 0 Å². The van der Waals surface area contributed by atoms with Crippen LogP contribution in [0.3, 0.4) is 0 Å². The molecule has 0 radical (unpaired) electrons. The van der Waals surface area contributed by atoms with Crippen LogP contribution in [0.1, 0.15) is 5.56 Å². The molecule has 1 aromatic heterocycles. The normalized spacial score (nSPS) is 9.57. The number of aryl methyl sites for hydroxylation is 1. The molecule has 0 aliphatic carbocycles. The minimum Gasteiger partial charge on any atom is -0.395 e. The van der Waals surface area contributed by atoms with Gasteiger partial charge in [0.1, 0.15) is 11.0 Å². The van der Waals surface area contributed by atoms with Gasteiger partial charge in [0, 0.05) is 6.54 Å². The van der Waals surface area contributed by atoms with Gasteiger partial charge in [-0.1, -0.05) is 11.6 Å². The third-order valence-corrected chi connectivity index (χ3v) is 1.86. The summed E-state index contributed by atoms with van der Waals surface area (Å²) < 4.78 is 0. The summed E-state index contributed by atoms with van der Waals surface area (Å²) in [5, 5.41) is 11.8. The molecule has 1 aromatic rings. The maximum atomic E-state index is 8.63. The maximum absolute atomic E-state index is 8.63. The van der Waals surface area contributed by atoms with Crippen molar-refractivity contribution < 1.29 is 5.11 Å². The molecule has 0 fully saturated rings. The number of rotatable bonds is 3. The van der Waals surface area contributed by atoms with Gasteiger partial charge in [-0.05, 0) is 18.6 Å². The molecule has 14 heavy (non-hydrogen) atoms. The highest BCUT2D eigenvalue weighted by atomic mass is 35.5. The molecular weight excluding hydrogens is 202 g/mol. The predicted molar refractivity (Wildman–Crippen MR) is 55.8 cm³/mol. The van der Waals surface area contributed by atoms with E-state index in [1.54, 1.807) is 13.0 Å². The maximum Gasteiger partial charge on any atom is 0.231 e. The van der Waals surface area contributed by atoms with Crippen LogP contribution in [0.15, 0.2) is 6.07 Å². The first-order valence-electron chi connectivity index (χ1n) is 4.08. The summed E-state index contributed by atoms with van der Waals surface area (Å²) in [5.41, 5.74) is 1.23. The van der Waals surface area contributed by atoms with Crippen LogP contribution in [0.25, 0.3) is 4.85 Å². The molecule has 5 heteroatoms. The number of pyridine rings is 1. The summed E-state index contributed by atoms with van der Waals surface area (Å²) in [5.74, 6) is 0.430. The van der Waals surface area contributed by atoms with Gasteiger partial charge in [0.2, 0.25) is 5.69 Å². The Labute approximate surface area is 87.4 Å². The lowest BCUT2D eigenvalue weighted by Gasteiger charge is -2.08. The van der Waals surface area contributed by atoms with E-state index in [2.05, 4.69) is 15.1 Å². The Bertz CT molecular complexity index is 373. The van der Waals surface area contributed by atoms with Crippen molar-refractivity contribution in [1.82, 2.24) is 4.98 Å². The highest BCUT2D eigenvalue weighted by Crippen LogP contribution is 2.29. The average molecular weight is 212 g/mol. The van der Waals surface area contributed by atoms with E-state index in [4.69, 9.17) is 23.3 Å². The van der Waals surface area contributed by atoms with Gasteiger partial charge in [-0.25, -0.2) is 9.83 Å². The predicted octanol–water partition coefficient (Wildman–Crippen LogP) is 2.00. The molecular formula is C9H10ClN3O. The smallest absolute Gasteiger partial charge is 0.231 e. The highest BCUT2D eigenvalue weighted by molar-refractivity contribution is 6.29. The lowest BCUT2D eigenvalue weighted by atomic mass is 10.2. The monoisotopic (exact) mass is 211 g/mol. The summed E-state index contributed by atoms with van der Waals surface area (Å²) in [7, 11) is 0. The zero-order valence-corrected chi connectivity index (χ0v) is 8.47. The number of halogens is 1. The van der Waals surface area contributed by atoms with Gasteiger partial charge in [0.05, 0.1) is 13.2 Å². The SMILES string of the molecule is [C-]#[N+]c1c(C)cc(Cl)nc1NCCO. The minimum absolute atomic E-state index is 0.00925. The van der Waals surface area contributed by atoms with Gasteiger partial charge in [-0.3, -0.25) is 0 Å². The van der Waals surface area contributed by atoms with Gasteiger partial charge >= 0.3 is 0 Å². The van der Waals surface area contributed by atoms with E-state index >= 15 is 0 Å². The van der Waals surface area contributed by atoms with Crippen molar-refractivity contribution in [3.8, 4) is 0 Å². The summed E-state index contributed by atoms with van der Waals surface area (Å²) in [6, 6.07) is 1.64. The molecule has 0 saturated heterocycles. The topological polar surface area (TPSA) is 49.5 Å². The highest BCUT2D eigenvalue weighted by Gasteiger charge is 2.08. The zero-order valence-electron chi connectivity index (χ0n) is 7.71. The quantitative estimate of drug-likeness (QED) is 0.594. The third-order valence-electron chi connectivity index (χ3n) is 1.67. The standard InChI is InChI=1S/C9H10ClN3O/c1-6-5-7(10)13-9(8(6)11-2)12-3-4-14/h5,14H,3-4H2,1H3,(H,12,13). The zero-order chi connectivity index (χ0) is 10.6. The molecule has 74 valence electrons. The number of nitrogens with one attached hydrogen (secondary N) is 1. The van der Waals surface area contributed by atoms with Crippen LogP contribution in [-0.2, 0) is 0 Å². The Morgan fingerprint density at radius 3 is 3.00 bits per heavy atom. The van der Waals surface area contributed by atoms with E-state index in [-0.39, 0.29) is 6.61 Å². The lowest BCUT2D eigenvalue weighted by Crippen LogP contribution is -2.07. The van der Waals surface area contributed by atoms with Crippen molar-refractivity contribution in [1.29, 1.82) is 0 Å². The first-order chi connectivity index (χ1) is 6.69.